The molecule has 0 unspecified atom stereocenters. The Morgan fingerprint density at radius 2 is 1.81 bits per heavy atom. The van der Waals surface area contributed by atoms with Crippen molar-refractivity contribution >= 4 is 23.9 Å². The summed E-state index contributed by atoms with van der Waals surface area (Å²) in [6, 6.07) is 0. The lowest BCUT2D eigenvalue weighted by atomic mass is 9.72. The van der Waals surface area contributed by atoms with Gasteiger partial charge in [-0.05, 0) is 40.5 Å². The molecule has 3 rings (SSSR count). The monoisotopic (exact) mass is 524 g/mol. The third kappa shape index (κ3) is 4.67. The van der Waals surface area contributed by atoms with E-state index in [-0.39, 0.29) is 12.8 Å². The van der Waals surface area contributed by atoms with E-state index in [1.807, 2.05) is 0 Å². The average molecular weight is 525 g/mol. The first kappa shape index (κ1) is 29.1. The van der Waals surface area contributed by atoms with Gasteiger partial charge in [-0.2, -0.15) is 0 Å². The van der Waals surface area contributed by atoms with Crippen molar-refractivity contribution in [3.05, 3.63) is 11.6 Å². The van der Waals surface area contributed by atoms with Gasteiger partial charge >= 0.3 is 23.9 Å². The highest BCUT2D eigenvalue weighted by Crippen LogP contribution is 2.59. The van der Waals surface area contributed by atoms with Gasteiger partial charge in [0.2, 0.25) is 0 Å². The molecule has 37 heavy (non-hydrogen) atoms. The molecule has 2 saturated carbocycles. The van der Waals surface area contributed by atoms with Crippen LogP contribution in [0.2, 0.25) is 0 Å². The molecule has 1 saturated heterocycles. The van der Waals surface area contributed by atoms with Gasteiger partial charge in [0, 0.05) is 36.7 Å². The van der Waals surface area contributed by atoms with Crippen LogP contribution in [0.3, 0.4) is 0 Å². The maximum absolute atomic E-state index is 12.9. The molecule has 2 aliphatic carbocycles. The van der Waals surface area contributed by atoms with Crippen LogP contribution >= 0.6 is 0 Å². The third-order valence-electron chi connectivity index (χ3n) is 8.87. The predicted molar refractivity (Wildman–Crippen MR) is 130 cm³/mol. The van der Waals surface area contributed by atoms with E-state index in [4.69, 9.17) is 18.9 Å². The first-order valence-electron chi connectivity index (χ1n) is 12.9. The van der Waals surface area contributed by atoms with Crippen LogP contribution in [-0.4, -0.2) is 69.2 Å². The maximum atomic E-state index is 12.9. The Bertz CT molecular complexity index is 986. The van der Waals surface area contributed by atoms with E-state index >= 15 is 0 Å². The van der Waals surface area contributed by atoms with Crippen molar-refractivity contribution < 1.29 is 48.3 Å². The number of carbonyl (C=O) groups excluding carboxylic acids is 4. The van der Waals surface area contributed by atoms with Gasteiger partial charge < -0.3 is 29.2 Å². The minimum atomic E-state index is -2.42. The smallest absolute Gasteiger partial charge is 0.341 e. The number of hydrogen-bond acceptors (Lipinski definition) is 10. The van der Waals surface area contributed by atoms with Gasteiger partial charge in [-0.3, -0.25) is 9.59 Å². The SMILES string of the molecule is CC=C(C)C(=O)O[C@@H]1C[C@H]2[C@@H]([C@H]1C)[C@@H]1OC(=O)[C@@](C)(O)[C@@]1(O)[C@@H](OC(=O)[C@@H](C)CC)C[C@]2(C)OC(C)=O. The Labute approximate surface area is 217 Å². The van der Waals surface area contributed by atoms with Gasteiger partial charge in [0.25, 0.3) is 0 Å². The molecule has 0 radical (unpaired) electrons. The number of carbonyl (C=O) groups is 4. The molecule has 0 aromatic carbocycles. The highest BCUT2D eigenvalue weighted by Gasteiger charge is 2.76. The molecule has 0 bridgehead atoms. The van der Waals surface area contributed by atoms with Gasteiger partial charge in [-0.1, -0.05) is 26.8 Å². The lowest BCUT2D eigenvalue weighted by molar-refractivity contribution is -0.216. The lowest BCUT2D eigenvalue weighted by Gasteiger charge is -2.42. The van der Waals surface area contributed by atoms with Crippen molar-refractivity contribution in [2.75, 3.05) is 0 Å². The van der Waals surface area contributed by atoms with Crippen molar-refractivity contribution in [2.45, 2.75) is 110 Å². The van der Waals surface area contributed by atoms with Crippen LogP contribution in [0.25, 0.3) is 0 Å². The van der Waals surface area contributed by atoms with Crippen molar-refractivity contribution in [3.63, 3.8) is 0 Å². The molecule has 208 valence electrons. The van der Waals surface area contributed by atoms with E-state index in [2.05, 4.69) is 0 Å². The Balaban J connectivity index is 2.15. The molecule has 10 heteroatoms. The average Bonchev–Trinajstić information content (AvgIpc) is 3.20. The van der Waals surface area contributed by atoms with Gasteiger partial charge in [0.05, 0.1) is 5.92 Å². The molecule has 2 N–H and O–H groups in total. The normalized spacial score (nSPS) is 42.1. The van der Waals surface area contributed by atoms with E-state index < -0.39 is 82.7 Å². The molecule has 3 fully saturated rings. The standard InChI is InChI=1S/C27H40O10/c1-9-13(3)22(29)34-18-11-17-20(15(18)5)21-27(33,26(8,32)24(31)36-21)19(35-23(30)14(4)10-2)12-25(17,7)37-16(6)28/h9,14-15,17-21,32-33H,10-12H2,1-8H3/t14-,15-,17-,18+,19-,20+,21-,25-,26+,27+/m0/s1. The number of allylic oxidation sites excluding steroid dienone is 1. The van der Waals surface area contributed by atoms with Gasteiger partial charge in [-0.25, -0.2) is 9.59 Å². The Morgan fingerprint density at radius 3 is 2.35 bits per heavy atom. The Kier molecular flexibility index (Phi) is 7.88. The summed E-state index contributed by atoms with van der Waals surface area (Å²) < 4.78 is 23.0. The summed E-state index contributed by atoms with van der Waals surface area (Å²) in [5, 5.41) is 23.4. The van der Waals surface area contributed by atoms with Crippen molar-refractivity contribution in [1.29, 1.82) is 0 Å². The first-order chi connectivity index (χ1) is 17.0. The molecule has 0 spiro atoms. The van der Waals surface area contributed by atoms with E-state index in [9.17, 15) is 29.4 Å². The van der Waals surface area contributed by atoms with Crippen LogP contribution in [0.5, 0.6) is 0 Å². The van der Waals surface area contributed by atoms with Gasteiger partial charge in [-0.15, -0.1) is 0 Å². The zero-order chi connectivity index (χ0) is 28.1. The zero-order valence-electron chi connectivity index (χ0n) is 22.9. The fourth-order valence-electron chi connectivity index (χ4n) is 6.19. The van der Waals surface area contributed by atoms with Crippen LogP contribution in [0.15, 0.2) is 11.6 Å². The second-order valence-electron chi connectivity index (χ2n) is 11.3. The molecule has 1 aliphatic heterocycles. The molecule has 0 amide bonds. The predicted octanol–water partition coefficient (Wildman–Crippen LogP) is 2.23. The summed E-state index contributed by atoms with van der Waals surface area (Å²) in [5.41, 5.74) is -5.64. The molecule has 10 nitrogen and oxygen atoms in total. The van der Waals surface area contributed by atoms with E-state index in [0.29, 0.717) is 12.0 Å². The summed E-state index contributed by atoms with van der Waals surface area (Å²) in [5.74, 6) is -4.97. The third-order valence-corrected chi connectivity index (χ3v) is 8.87. The summed E-state index contributed by atoms with van der Waals surface area (Å²) in [4.78, 5) is 50.6. The molecule has 0 aromatic rings. The topological polar surface area (TPSA) is 146 Å². The van der Waals surface area contributed by atoms with Crippen molar-refractivity contribution in [1.82, 2.24) is 0 Å². The van der Waals surface area contributed by atoms with E-state index in [1.54, 1.807) is 47.6 Å². The summed E-state index contributed by atoms with van der Waals surface area (Å²) >= 11 is 0. The van der Waals surface area contributed by atoms with Crippen molar-refractivity contribution in [2.24, 2.45) is 23.7 Å². The minimum Gasteiger partial charge on any atom is -0.459 e. The summed E-state index contributed by atoms with van der Waals surface area (Å²) in [7, 11) is 0. The number of esters is 4. The summed E-state index contributed by atoms with van der Waals surface area (Å²) in [6.45, 7) is 12.7. The Hall–Kier alpha value is -2.46. The van der Waals surface area contributed by atoms with Crippen LogP contribution in [0, 0.1) is 23.7 Å². The second kappa shape index (κ2) is 10.0. The van der Waals surface area contributed by atoms with E-state index in [0.717, 1.165) is 6.92 Å². The van der Waals surface area contributed by atoms with Crippen LogP contribution in [-0.2, 0) is 38.1 Å². The van der Waals surface area contributed by atoms with Crippen LogP contribution in [0.4, 0.5) is 0 Å². The molecular weight excluding hydrogens is 484 g/mol. The zero-order valence-corrected chi connectivity index (χ0v) is 22.9. The minimum absolute atomic E-state index is 0.197. The molecule has 0 aromatic heterocycles. The van der Waals surface area contributed by atoms with Gasteiger partial charge in [0.1, 0.15) is 23.9 Å². The highest BCUT2D eigenvalue weighted by atomic mass is 16.6. The number of rotatable bonds is 6. The quantitative estimate of drug-likeness (QED) is 0.301. The number of aliphatic hydroxyl groups is 2. The molecule has 10 atom stereocenters. The largest absolute Gasteiger partial charge is 0.459 e. The number of hydrogen-bond donors (Lipinski definition) is 2. The lowest BCUT2D eigenvalue weighted by Crippen LogP contribution is -2.65. The second-order valence-corrected chi connectivity index (χ2v) is 11.3. The van der Waals surface area contributed by atoms with Crippen molar-refractivity contribution in [3.8, 4) is 0 Å². The number of fused-ring (bicyclic) bond motifs is 3. The van der Waals surface area contributed by atoms with Gasteiger partial charge in [0.15, 0.2) is 11.2 Å². The fourth-order valence-corrected chi connectivity index (χ4v) is 6.19. The van der Waals surface area contributed by atoms with Crippen LogP contribution < -0.4 is 0 Å². The Morgan fingerprint density at radius 1 is 1.19 bits per heavy atom. The summed E-state index contributed by atoms with van der Waals surface area (Å²) in [6.07, 6.45) is -1.22. The fraction of sp³-hybridized carbons (Fsp3) is 0.778. The first-order valence-corrected chi connectivity index (χ1v) is 12.9. The molecule has 3 aliphatic rings. The van der Waals surface area contributed by atoms with Crippen LogP contribution in [0.1, 0.15) is 74.7 Å². The molecule has 1 heterocycles. The maximum Gasteiger partial charge on any atom is 0.341 e. The number of ether oxygens (including phenoxy) is 4. The molecular formula is C27H40O10. The van der Waals surface area contributed by atoms with E-state index in [1.165, 1.54) is 6.92 Å². The highest BCUT2D eigenvalue weighted by molar-refractivity contribution is 5.87.